The molecule has 1 aliphatic heterocycles. The second-order valence-electron chi connectivity index (χ2n) is 7.04. The predicted octanol–water partition coefficient (Wildman–Crippen LogP) is 3.54. The third-order valence-electron chi connectivity index (χ3n) is 5.31. The molecule has 3 heterocycles. The van der Waals surface area contributed by atoms with Gasteiger partial charge in [-0.1, -0.05) is 12.8 Å². The monoisotopic (exact) mass is 346 g/mol. The van der Waals surface area contributed by atoms with Gasteiger partial charge in [0.2, 0.25) is 0 Å². The van der Waals surface area contributed by atoms with Gasteiger partial charge in [-0.25, -0.2) is 9.97 Å². The van der Waals surface area contributed by atoms with Gasteiger partial charge in [-0.05, 0) is 25.7 Å². The summed E-state index contributed by atoms with van der Waals surface area (Å²) >= 11 is 1.90. The van der Waals surface area contributed by atoms with E-state index in [9.17, 15) is 0 Å². The normalized spacial score (nSPS) is 25.4. The number of thiazole rings is 1. The van der Waals surface area contributed by atoms with Gasteiger partial charge in [-0.15, -0.1) is 11.3 Å². The van der Waals surface area contributed by atoms with Crippen molar-refractivity contribution in [3.8, 4) is 0 Å². The Bertz CT molecular complexity index is 662. The van der Waals surface area contributed by atoms with Gasteiger partial charge in [0, 0.05) is 43.2 Å². The van der Waals surface area contributed by atoms with Crippen LogP contribution >= 0.6 is 11.3 Å². The van der Waals surface area contributed by atoms with Crippen molar-refractivity contribution in [3.63, 3.8) is 0 Å². The molecule has 1 N–H and O–H groups in total. The van der Waals surface area contributed by atoms with Gasteiger partial charge in [0.05, 0.1) is 23.2 Å². The molecule has 0 radical (unpaired) electrons. The van der Waals surface area contributed by atoms with Crippen molar-refractivity contribution in [3.05, 3.63) is 34.3 Å². The van der Waals surface area contributed by atoms with Gasteiger partial charge in [0.15, 0.2) is 0 Å². The Balaban J connectivity index is 1.31. The highest BCUT2D eigenvalue weighted by Crippen LogP contribution is 2.36. The summed E-state index contributed by atoms with van der Waals surface area (Å²) < 4.78 is 8.01. The van der Waals surface area contributed by atoms with Crippen LogP contribution in [-0.4, -0.2) is 27.2 Å². The fourth-order valence-corrected chi connectivity index (χ4v) is 4.91. The van der Waals surface area contributed by atoms with Crippen molar-refractivity contribution in [2.75, 3.05) is 6.61 Å². The lowest BCUT2D eigenvalue weighted by Gasteiger charge is -2.30. The van der Waals surface area contributed by atoms with Crippen molar-refractivity contribution in [1.82, 2.24) is 19.9 Å². The molecule has 1 saturated carbocycles. The molecule has 6 heteroatoms. The van der Waals surface area contributed by atoms with Crippen LogP contribution in [0.15, 0.2) is 18.7 Å². The highest BCUT2D eigenvalue weighted by molar-refractivity contribution is 7.11. The molecule has 0 unspecified atom stereocenters. The number of aromatic nitrogens is 3. The van der Waals surface area contributed by atoms with Crippen LogP contribution < -0.4 is 5.32 Å². The molecule has 2 atom stereocenters. The van der Waals surface area contributed by atoms with E-state index in [0.29, 0.717) is 6.04 Å². The Morgan fingerprint density at radius 2 is 2.17 bits per heavy atom. The third kappa shape index (κ3) is 3.55. The first kappa shape index (κ1) is 16.2. The zero-order chi connectivity index (χ0) is 16.4. The molecule has 130 valence electrons. The number of nitrogens with one attached hydrogen (secondary N) is 1. The van der Waals surface area contributed by atoms with Crippen LogP contribution in [0.3, 0.4) is 0 Å². The molecular weight excluding hydrogens is 320 g/mol. The Labute approximate surface area is 147 Å². The third-order valence-corrected chi connectivity index (χ3v) is 6.47. The van der Waals surface area contributed by atoms with Crippen LogP contribution in [0, 0.1) is 0 Å². The second-order valence-corrected chi connectivity index (χ2v) is 8.18. The first-order chi connectivity index (χ1) is 11.8. The highest BCUT2D eigenvalue weighted by atomic mass is 32.1. The molecule has 1 aliphatic carbocycles. The summed E-state index contributed by atoms with van der Waals surface area (Å²) in [5.41, 5.74) is 1.17. The van der Waals surface area contributed by atoms with E-state index in [2.05, 4.69) is 26.0 Å². The van der Waals surface area contributed by atoms with Gasteiger partial charge in [0.25, 0.3) is 0 Å². The summed E-state index contributed by atoms with van der Waals surface area (Å²) in [6.07, 6.45) is 13.5. The molecule has 2 aromatic heterocycles. The fourth-order valence-electron chi connectivity index (χ4n) is 3.88. The standard InChI is InChI=1S/C18H26N4OS/c1-22-12-19-11-16(22)17-8-14(6-7-23-17)20-9-15-10-21-18(24-15)13-4-2-3-5-13/h10-14,17,20H,2-9H2,1H3/t14-,17+/m1/s1. The Kier molecular flexibility index (Phi) is 4.96. The zero-order valence-electron chi connectivity index (χ0n) is 14.3. The number of rotatable bonds is 5. The van der Waals surface area contributed by atoms with E-state index in [-0.39, 0.29) is 6.10 Å². The molecule has 0 bridgehead atoms. The molecule has 0 spiro atoms. The lowest BCUT2D eigenvalue weighted by Crippen LogP contribution is -2.36. The molecule has 4 rings (SSSR count). The second kappa shape index (κ2) is 7.33. The number of imidazole rings is 1. The molecule has 5 nitrogen and oxygen atoms in total. The summed E-state index contributed by atoms with van der Waals surface area (Å²) in [6, 6.07) is 0.496. The van der Waals surface area contributed by atoms with E-state index in [1.165, 1.54) is 41.3 Å². The largest absolute Gasteiger partial charge is 0.372 e. The maximum Gasteiger partial charge on any atom is 0.100 e. The average Bonchev–Trinajstić information content (AvgIpc) is 3.34. The highest BCUT2D eigenvalue weighted by Gasteiger charge is 2.26. The Morgan fingerprint density at radius 1 is 1.29 bits per heavy atom. The smallest absolute Gasteiger partial charge is 0.100 e. The molecular formula is C18H26N4OS. The molecule has 2 fully saturated rings. The number of nitrogens with zero attached hydrogens (tertiary/aromatic N) is 3. The van der Waals surface area contributed by atoms with E-state index in [1.807, 2.05) is 30.9 Å². The van der Waals surface area contributed by atoms with Crippen LogP contribution in [0.5, 0.6) is 0 Å². The molecule has 2 aliphatic rings. The molecule has 2 aromatic rings. The van der Waals surface area contributed by atoms with Crippen molar-refractivity contribution in [1.29, 1.82) is 0 Å². The van der Waals surface area contributed by atoms with Crippen LogP contribution in [0.1, 0.15) is 66.1 Å². The van der Waals surface area contributed by atoms with Crippen molar-refractivity contribution >= 4 is 11.3 Å². The van der Waals surface area contributed by atoms with Gasteiger partial charge in [0.1, 0.15) is 6.10 Å². The number of hydrogen-bond donors (Lipinski definition) is 1. The van der Waals surface area contributed by atoms with Crippen LogP contribution in [0.25, 0.3) is 0 Å². The van der Waals surface area contributed by atoms with Gasteiger partial charge in [-0.3, -0.25) is 0 Å². The maximum atomic E-state index is 5.95. The summed E-state index contributed by atoms with van der Waals surface area (Å²) in [5.74, 6) is 0.723. The predicted molar refractivity (Wildman–Crippen MR) is 95.1 cm³/mol. The molecule has 0 amide bonds. The van der Waals surface area contributed by atoms with E-state index < -0.39 is 0 Å². The summed E-state index contributed by atoms with van der Waals surface area (Å²) in [7, 11) is 2.03. The van der Waals surface area contributed by atoms with E-state index >= 15 is 0 Å². The van der Waals surface area contributed by atoms with Gasteiger partial charge < -0.3 is 14.6 Å². The maximum absolute atomic E-state index is 5.95. The lowest BCUT2D eigenvalue weighted by atomic mass is 10.0. The van der Waals surface area contributed by atoms with Crippen molar-refractivity contribution in [2.45, 2.75) is 63.1 Å². The molecule has 24 heavy (non-hydrogen) atoms. The summed E-state index contributed by atoms with van der Waals surface area (Å²) in [5, 5.41) is 5.06. The molecule has 1 saturated heterocycles. The summed E-state index contributed by atoms with van der Waals surface area (Å²) in [6.45, 7) is 1.73. The van der Waals surface area contributed by atoms with E-state index in [0.717, 1.165) is 31.9 Å². The minimum Gasteiger partial charge on any atom is -0.372 e. The van der Waals surface area contributed by atoms with Crippen molar-refractivity contribution < 1.29 is 4.74 Å². The van der Waals surface area contributed by atoms with E-state index in [1.54, 1.807) is 0 Å². The number of ether oxygens (including phenoxy) is 1. The minimum absolute atomic E-state index is 0.152. The topological polar surface area (TPSA) is 52.0 Å². The number of aryl methyl sites for hydroxylation is 1. The van der Waals surface area contributed by atoms with Crippen molar-refractivity contribution in [2.24, 2.45) is 7.05 Å². The molecule has 0 aromatic carbocycles. The fraction of sp³-hybridized carbons (Fsp3) is 0.667. The SMILES string of the molecule is Cn1cncc1[C@@H]1C[C@H](NCc2cnc(C3CCCC3)s2)CCO1. The Hall–Kier alpha value is -1.24. The van der Waals surface area contributed by atoms with E-state index in [4.69, 9.17) is 4.74 Å². The average molecular weight is 347 g/mol. The van der Waals surface area contributed by atoms with Gasteiger partial charge in [-0.2, -0.15) is 0 Å². The summed E-state index contributed by atoms with van der Waals surface area (Å²) in [4.78, 5) is 10.2. The first-order valence-corrected chi connectivity index (χ1v) is 9.87. The Morgan fingerprint density at radius 3 is 2.96 bits per heavy atom. The minimum atomic E-state index is 0.152. The van der Waals surface area contributed by atoms with Crippen LogP contribution in [0.2, 0.25) is 0 Å². The lowest BCUT2D eigenvalue weighted by molar-refractivity contribution is -0.00400. The van der Waals surface area contributed by atoms with Crippen LogP contribution in [-0.2, 0) is 18.3 Å². The first-order valence-electron chi connectivity index (χ1n) is 9.05. The number of hydrogen-bond acceptors (Lipinski definition) is 5. The van der Waals surface area contributed by atoms with Crippen LogP contribution in [0.4, 0.5) is 0 Å². The zero-order valence-corrected chi connectivity index (χ0v) is 15.1. The quantitative estimate of drug-likeness (QED) is 0.900. The van der Waals surface area contributed by atoms with Gasteiger partial charge >= 0.3 is 0 Å².